The number of benzene rings is 1. The van der Waals surface area contributed by atoms with Gasteiger partial charge in [-0.2, -0.15) is 0 Å². The van der Waals surface area contributed by atoms with E-state index in [1.54, 1.807) is 10.6 Å². The first-order chi connectivity index (χ1) is 12.4. The van der Waals surface area contributed by atoms with Gasteiger partial charge in [0.15, 0.2) is 0 Å². The van der Waals surface area contributed by atoms with Crippen molar-refractivity contribution in [1.29, 1.82) is 0 Å². The molecule has 1 aromatic carbocycles. The van der Waals surface area contributed by atoms with E-state index in [4.69, 9.17) is 16.5 Å². The number of hydrogen-bond acceptors (Lipinski definition) is 4. The van der Waals surface area contributed by atoms with Gasteiger partial charge < -0.3 is 16.6 Å². The summed E-state index contributed by atoms with van der Waals surface area (Å²) in [7, 11) is 0. The van der Waals surface area contributed by atoms with Gasteiger partial charge in [-0.15, -0.1) is 0 Å². The maximum Gasteiger partial charge on any atom is 0.253 e. The molecule has 0 atom stereocenters. The van der Waals surface area contributed by atoms with E-state index in [0.717, 1.165) is 29.7 Å². The minimum absolute atomic E-state index is 0.158. The molecule has 4 rings (SSSR count). The topological polar surface area (TPSA) is 107 Å². The van der Waals surface area contributed by atoms with Gasteiger partial charge in [-0.3, -0.25) is 9.36 Å². The lowest BCUT2D eigenvalue weighted by Gasteiger charge is -2.16. The van der Waals surface area contributed by atoms with Gasteiger partial charge in [-0.25, -0.2) is 4.98 Å². The monoisotopic (exact) mass is 348 g/mol. The van der Waals surface area contributed by atoms with Gasteiger partial charge in [0, 0.05) is 10.9 Å². The minimum Gasteiger partial charge on any atom is -0.508 e. The summed E-state index contributed by atoms with van der Waals surface area (Å²) in [5.74, 6) is -0.191. The second-order valence-corrected chi connectivity index (χ2v) is 6.68. The standard InChI is InChI=1S/C20H20N4O2/c1-10-7-8-15(25)11(2)17(10)24-18(21)16(19(22)26)13-9-12-5-3-4-6-14(12)23-20(13)24/h4,6-9,25H,3,5,21H2,1-2H3,(H2,22,26). The van der Waals surface area contributed by atoms with Crippen LogP contribution in [0, 0.1) is 13.8 Å². The van der Waals surface area contributed by atoms with Gasteiger partial charge in [-0.1, -0.05) is 12.1 Å². The number of phenolic OH excluding ortho intramolecular Hbond substituents is 1. The number of allylic oxidation sites excluding steroid dienone is 1. The minimum atomic E-state index is -0.588. The molecule has 0 saturated carbocycles. The Labute approximate surface area is 150 Å². The van der Waals surface area contributed by atoms with Crippen LogP contribution in [-0.2, 0) is 6.42 Å². The zero-order valence-electron chi connectivity index (χ0n) is 14.7. The molecule has 1 aliphatic carbocycles. The fraction of sp³-hybridized carbons (Fsp3) is 0.200. The molecule has 1 aliphatic rings. The number of aromatic nitrogens is 2. The Hall–Kier alpha value is -3.28. The molecule has 0 bridgehead atoms. The molecule has 0 aliphatic heterocycles. The highest BCUT2D eigenvalue weighted by atomic mass is 16.3. The highest BCUT2D eigenvalue weighted by molar-refractivity contribution is 6.11. The second kappa shape index (κ2) is 5.62. The number of primary amides is 1. The van der Waals surface area contributed by atoms with E-state index in [-0.39, 0.29) is 17.1 Å². The molecule has 2 heterocycles. The van der Waals surface area contributed by atoms with E-state index < -0.39 is 5.91 Å². The molecule has 3 aromatic rings. The van der Waals surface area contributed by atoms with Crippen molar-refractivity contribution in [3.05, 3.63) is 52.2 Å². The molecule has 2 aromatic heterocycles. The normalized spacial score (nSPS) is 13.2. The summed E-state index contributed by atoms with van der Waals surface area (Å²) in [5, 5.41) is 10.8. The summed E-state index contributed by atoms with van der Waals surface area (Å²) in [6, 6.07) is 5.41. The Morgan fingerprint density at radius 1 is 1.31 bits per heavy atom. The van der Waals surface area contributed by atoms with Gasteiger partial charge >= 0.3 is 0 Å². The number of nitrogen functional groups attached to an aromatic ring is 1. The lowest BCUT2D eigenvalue weighted by molar-refractivity contribution is 0.100. The summed E-state index contributed by atoms with van der Waals surface area (Å²) in [4.78, 5) is 16.9. The summed E-state index contributed by atoms with van der Waals surface area (Å²) in [5.41, 5.74) is 17.1. The lowest BCUT2D eigenvalue weighted by atomic mass is 10.0. The van der Waals surface area contributed by atoms with Crippen LogP contribution in [0.2, 0.25) is 0 Å². The number of nitrogens with zero attached hydrogens (tertiary/aromatic N) is 2. The van der Waals surface area contributed by atoms with Crippen molar-refractivity contribution in [3.63, 3.8) is 0 Å². The van der Waals surface area contributed by atoms with Gasteiger partial charge in [-0.05, 0) is 56.0 Å². The average Bonchev–Trinajstić information content (AvgIpc) is 2.88. The molecule has 132 valence electrons. The number of nitrogens with two attached hydrogens (primary N) is 2. The number of rotatable bonds is 2. The Balaban J connectivity index is 2.17. The van der Waals surface area contributed by atoms with E-state index in [0.29, 0.717) is 22.3 Å². The van der Waals surface area contributed by atoms with Crippen molar-refractivity contribution in [2.45, 2.75) is 26.7 Å². The van der Waals surface area contributed by atoms with Gasteiger partial charge in [0.2, 0.25) is 0 Å². The molecule has 1 amide bonds. The molecule has 0 saturated heterocycles. The fourth-order valence-corrected chi connectivity index (χ4v) is 3.71. The summed E-state index contributed by atoms with van der Waals surface area (Å²) in [6.07, 6.45) is 5.87. The number of amides is 1. The number of carbonyl (C=O) groups is 1. The molecule has 0 spiro atoms. The van der Waals surface area contributed by atoms with Crippen LogP contribution in [0.3, 0.4) is 0 Å². The second-order valence-electron chi connectivity index (χ2n) is 6.68. The number of aromatic hydroxyl groups is 1. The molecular formula is C20H20N4O2. The molecular weight excluding hydrogens is 328 g/mol. The van der Waals surface area contributed by atoms with Crippen LogP contribution in [0.25, 0.3) is 22.8 Å². The third kappa shape index (κ3) is 2.19. The number of anilines is 1. The first-order valence-electron chi connectivity index (χ1n) is 8.49. The van der Waals surface area contributed by atoms with E-state index in [2.05, 4.69) is 6.08 Å². The van der Waals surface area contributed by atoms with Crippen molar-refractivity contribution < 1.29 is 9.90 Å². The van der Waals surface area contributed by atoms with Crippen LogP contribution >= 0.6 is 0 Å². The summed E-state index contributed by atoms with van der Waals surface area (Å²) >= 11 is 0. The zero-order valence-corrected chi connectivity index (χ0v) is 14.7. The van der Waals surface area contributed by atoms with Crippen molar-refractivity contribution in [3.8, 4) is 11.4 Å². The largest absolute Gasteiger partial charge is 0.508 e. The molecule has 26 heavy (non-hydrogen) atoms. The number of fused-ring (bicyclic) bond motifs is 2. The summed E-state index contributed by atoms with van der Waals surface area (Å²) < 4.78 is 1.72. The molecule has 6 heteroatoms. The lowest BCUT2D eigenvalue weighted by Crippen LogP contribution is -2.14. The van der Waals surface area contributed by atoms with Crippen molar-refractivity contribution in [1.82, 2.24) is 9.55 Å². The van der Waals surface area contributed by atoms with E-state index >= 15 is 0 Å². The zero-order chi connectivity index (χ0) is 18.6. The third-order valence-corrected chi connectivity index (χ3v) is 5.02. The maximum absolute atomic E-state index is 12.1. The highest BCUT2D eigenvalue weighted by Gasteiger charge is 2.25. The molecule has 6 nitrogen and oxygen atoms in total. The fourth-order valence-electron chi connectivity index (χ4n) is 3.71. The van der Waals surface area contributed by atoms with Gasteiger partial charge in [0.05, 0.1) is 16.9 Å². The van der Waals surface area contributed by atoms with Crippen molar-refractivity contribution in [2.24, 2.45) is 5.73 Å². The average molecular weight is 348 g/mol. The number of carbonyl (C=O) groups excluding carboxylic acids is 1. The van der Waals surface area contributed by atoms with E-state index in [1.165, 1.54) is 0 Å². The van der Waals surface area contributed by atoms with E-state index in [1.807, 2.05) is 32.1 Å². The first kappa shape index (κ1) is 16.2. The molecule has 5 N–H and O–H groups in total. The Bertz CT molecular complexity index is 1110. The first-order valence-corrected chi connectivity index (χ1v) is 8.49. The Kier molecular flexibility index (Phi) is 3.50. The molecule has 0 fully saturated rings. The van der Waals surface area contributed by atoms with Crippen LogP contribution in [0.4, 0.5) is 5.82 Å². The number of hydrogen-bond donors (Lipinski definition) is 3. The van der Waals surface area contributed by atoms with Crippen molar-refractivity contribution >= 4 is 28.8 Å². The maximum atomic E-state index is 12.1. The predicted octanol–water partition coefficient (Wildman–Crippen LogP) is 2.99. The van der Waals surface area contributed by atoms with Crippen LogP contribution in [0.5, 0.6) is 5.75 Å². The highest BCUT2D eigenvalue weighted by Crippen LogP contribution is 2.37. The van der Waals surface area contributed by atoms with Crippen LogP contribution in [0.15, 0.2) is 24.3 Å². The van der Waals surface area contributed by atoms with Gasteiger partial charge in [0.25, 0.3) is 5.91 Å². The van der Waals surface area contributed by atoms with Crippen LogP contribution in [-0.4, -0.2) is 20.6 Å². The Morgan fingerprint density at radius 3 is 2.81 bits per heavy atom. The smallest absolute Gasteiger partial charge is 0.253 e. The number of aryl methyl sites for hydroxylation is 2. The summed E-state index contributed by atoms with van der Waals surface area (Å²) in [6.45, 7) is 3.74. The third-order valence-electron chi connectivity index (χ3n) is 5.02. The number of pyridine rings is 1. The van der Waals surface area contributed by atoms with Crippen molar-refractivity contribution in [2.75, 3.05) is 5.73 Å². The molecule has 0 unspecified atom stereocenters. The SMILES string of the molecule is Cc1ccc(O)c(C)c1-n1c(N)c(C(N)=O)c2cc3c(nc21)C=CCC3. The van der Waals surface area contributed by atoms with E-state index in [9.17, 15) is 9.90 Å². The molecule has 0 radical (unpaired) electrons. The van der Waals surface area contributed by atoms with Crippen LogP contribution in [0.1, 0.15) is 39.2 Å². The van der Waals surface area contributed by atoms with Crippen LogP contribution < -0.4 is 11.5 Å². The predicted molar refractivity (Wildman–Crippen MR) is 102 cm³/mol. The quantitative estimate of drug-likeness (QED) is 0.661. The van der Waals surface area contributed by atoms with Gasteiger partial charge in [0.1, 0.15) is 17.2 Å². The number of phenols is 1. The Morgan fingerprint density at radius 2 is 2.08 bits per heavy atom.